The van der Waals surface area contributed by atoms with Gasteiger partial charge in [-0.1, -0.05) is 11.6 Å². The molecule has 0 bridgehead atoms. The van der Waals surface area contributed by atoms with Crippen LogP contribution >= 0.6 is 0 Å². The molecular formula is C13H18N2O3. The second kappa shape index (κ2) is 5.18. The zero-order valence-corrected chi connectivity index (χ0v) is 10.4. The smallest absolute Gasteiger partial charge is 0.237 e. The number of ketones is 1. The van der Waals surface area contributed by atoms with Gasteiger partial charge in [-0.25, -0.2) is 0 Å². The number of carbonyl (C=O) groups excluding carboxylic acids is 1. The molecule has 0 spiro atoms. The molecule has 1 atom stereocenters. The second-order valence-electron chi connectivity index (χ2n) is 5.14. The fourth-order valence-corrected chi connectivity index (χ4v) is 2.75. The van der Waals surface area contributed by atoms with Crippen molar-refractivity contribution in [1.29, 1.82) is 0 Å². The van der Waals surface area contributed by atoms with Crippen molar-refractivity contribution in [3.63, 3.8) is 0 Å². The van der Waals surface area contributed by atoms with Crippen LogP contribution in [0.4, 0.5) is 0 Å². The molecule has 0 amide bonds. The SMILES string of the molecule is O=C1CCCCC1c1nc(C2CCOCC2)no1. The fourth-order valence-electron chi connectivity index (χ4n) is 2.75. The lowest BCUT2D eigenvalue weighted by Crippen LogP contribution is -2.18. The number of rotatable bonds is 2. The summed E-state index contributed by atoms with van der Waals surface area (Å²) in [4.78, 5) is 16.3. The summed E-state index contributed by atoms with van der Waals surface area (Å²) < 4.78 is 10.6. The highest BCUT2D eigenvalue weighted by Gasteiger charge is 2.30. The minimum absolute atomic E-state index is 0.153. The van der Waals surface area contributed by atoms with Crippen molar-refractivity contribution in [2.24, 2.45) is 0 Å². The van der Waals surface area contributed by atoms with Gasteiger partial charge in [0.1, 0.15) is 5.78 Å². The van der Waals surface area contributed by atoms with Crippen LogP contribution in [0.25, 0.3) is 0 Å². The van der Waals surface area contributed by atoms with Crippen LogP contribution in [0.2, 0.25) is 0 Å². The molecule has 3 rings (SSSR count). The summed E-state index contributed by atoms with van der Waals surface area (Å²) in [6, 6.07) is 0. The largest absolute Gasteiger partial charge is 0.381 e. The van der Waals surface area contributed by atoms with E-state index in [1.165, 1.54) is 0 Å². The molecule has 18 heavy (non-hydrogen) atoms. The van der Waals surface area contributed by atoms with Crippen molar-refractivity contribution in [2.45, 2.75) is 50.4 Å². The third-order valence-electron chi connectivity index (χ3n) is 3.90. The average molecular weight is 250 g/mol. The number of nitrogens with zero attached hydrogens (tertiary/aromatic N) is 2. The van der Waals surface area contributed by atoms with E-state index >= 15 is 0 Å². The van der Waals surface area contributed by atoms with E-state index in [4.69, 9.17) is 9.26 Å². The lowest BCUT2D eigenvalue weighted by molar-refractivity contribution is -0.122. The van der Waals surface area contributed by atoms with E-state index in [1.807, 2.05) is 0 Å². The van der Waals surface area contributed by atoms with Gasteiger partial charge in [-0.2, -0.15) is 4.98 Å². The molecule has 1 saturated carbocycles. The third-order valence-corrected chi connectivity index (χ3v) is 3.90. The Morgan fingerprint density at radius 2 is 1.94 bits per heavy atom. The van der Waals surface area contributed by atoms with Gasteiger partial charge in [0, 0.05) is 25.6 Å². The molecule has 1 aliphatic heterocycles. The van der Waals surface area contributed by atoms with E-state index in [9.17, 15) is 4.79 Å². The minimum Gasteiger partial charge on any atom is -0.381 e. The van der Waals surface area contributed by atoms with Crippen LogP contribution in [0.1, 0.15) is 62.1 Å². The molecule has 1 unspecified atom stereocenters. The van der Waals surface area contributed by atoms with Gasteiger partial charge in [0.05, 0.1) is 5.92 Å². The lowest BCUT2D eigenvalue weighted by atomic mass is 9.88. The van der Waals surface area contributed by atoms with Crippen molar-refractivity contribution in [1.82, 2.24) is 10.1 Å². The Kier molecular flexibility index (Phi) is 3.41. The zero-order valence-electron chi connectivity index (χ0n) is 10.4. The van der Waals surface area contributed by atoms with Crippen LogP contribution in [-0.2, 0) is 9.53 Å². The summed E-state index contributed by atoms with van der Waals surface area (Å²) in [6.45, 7) is 1.52. The van der Waals surface area contributed by atoms with Crippen molar-refractivity contribution >= 4 is 5.78 Å². The van der Waals surface area contributed by atoms with Gasteiger partial charge < -0.3 is 9.26 Å². The number of aromatic nitrogens is 2. The molecule has 5 nitrogen and oxygen atoms in total. The third kappa shape index (κ3) is 2.32. The highest BCUT2D eigenvalue weighted by atomic mass is 16.5. The van der Waals surface area contributed by atoms with Crippen LogP contribution in [0, 0.1) is 0 Å². The molecule has 2 aliphatic rings. The van der Waals surface area contributed by atoms with Crippen molar-refractivity contribution < 1.29 is 14.1 Å². The zero-order chi connectivity index (χ0) is 12.4. The maximum absolute atomic E-state index is 11.8. The Hall–Kier alpha value is -1.23. The monoisotopic (exact) mass is 250 g/mol. The van der Waals surface area contributed by atoms with Gasteiger partial charge in [0.25, 0.3) is 0 Å². The van der Waals surface area contributed by atoms with E-state index in [1.54, 1.807) is 0 Å². The molecule has 98 valence electrons. The van der Waals surface area contributed by atoms with E-state index in [0.29, 0.717) is 18.2 Å². The first-order valence-corrected chi connectivity index (χ1v) is 6.78. The Morgan fingerprint density at radius 1 is 1.11 bits per heavy atom. The van der Waals surface area contributed by atoms with Gasteiger partial charge in [0.15, 0.2) is 5.82 Å². The predicted molar refractivity (Wildman–Crippen MR) is 63.3 cm³/mol. The van der Waals surface area contributed by atoms with Crippen molar-refractivity contribution in [2.75, 3.05) is 13.2 Å². The van der Waals surface area contributed by atoms with Gasteiger partial charge in [-0.05, 0) is 25.7 Å². The highest BCUT2D eigenvalue weighted by Crippen LogP contribution is 2.31. The summed E-state index contributed by atoms with van der Waals surface area (Å²) in [5, 5.41) is 4.06. The first kappa shape index (κ1) is 11.8. The topological polar surface area (TPSA) is 65.2 Å². The molecule has 1 aromatic heterocycles. The maximum Gasteiger partial charge on any atom is 0.237 e. The summed E-state index contributed by atoms with van der Waals surface area (Å²) in [5.41, 5.74) is 0. The Labute approximate surface area is 106 Å². The average Bonchev–Trinajstić information content (AvgIpc) is 2.90. The molecule has 5 heteroatoms. The summed E-state index contributed by atoms with van der Waals surface area (Å²) in [5.74, 6) is 1.71. The minimum atomic E-state index is -0.153. The number of hydrogen-bond acceptors (Lipinski definition) is 5. The number of carbonyl (C=O) groups is 1. The van der Waals surface area contributed by atoms with Gasteiger partial charge in [-0.15, -0.1) is 0 Å². The first-order valence-electron chi connectivity index (χ1n) is 6.78. The first-order chi connectivity index (χ1) is 8.84. The van der Waals surface area contributed by atoms with E-state index in [-0.39, 0.29) is 11.7 Å². The Morgan fingerprint density at radius 3 is 2.72 bits per heavy atom. The van der Waals surface area contributed by atoms with Crippen molar-refractivity contribution in [3.05, 3.63) is 11.7 Å². The van der Waals surface area contributed by atoms with Crippen LogP contribution in [0.3, 0.4) is 0 Å². The Bertz CT molecular complexity index is 424. The van der Waals surface area contributed by atoms with Crippen LogP contribution in [0.5, 0.6) is 0 Å². The maximum atomic E-state index is 11.8. The predicted octanol–water partition coefficient (Wildman–Crippen LogP) is 2.19. The number of ether oxygens (including phenoxy) is 1. The molecule has 2 heterocycles. The van der Waals surface area contributed by atoms with E-state index in [2.05, 4.69) is 10.1 Å². The molecule has 2 fully saturated rings. The molecule has 1 aromatic rings. The molecular weight excluding hydrogens is 232 g/mol. The van der Waals surface area contributed by atoms with Gasteiger partial charge >= 0.3 is 0 Å². The lowest BCUT2D eigenvalue weighted by Gasteiger charge is -2.18. The summed E-state index contributed by atoms with van der Waals surface area (Å²) in [7, 11) is 0. The summed E-state index contributed by atoms with van der Waals surface area (Å²) in [6.07, 6.45) is 5.46. The Balaban J connectivity index is 1.73. The number of Topliss-reactive ketones (excluding diaryl/α,β-unsaturated/α-hetero) is 1. The van der Waals surface area contributed by atoms with Crippen LogP contribution < -0.4 is 0 Å². The molecule has 0 radical (unpaired) electrons. The van der Waals surface area contributed by atoms with Gasteiger partial charge in [0.2, 0.25) is 5.89 Å². The van der Waals surface area contributed by atoms with Crippen LogP contribution in [-0.4, -0.2) is 29.1 Å². The van der Waals surface area contributed by atoms with E-state index in [0.717, 1.165) is 51.1 Å². The quantitative estimate of drug-likeness (QED) is 0.805. The number of hydrogen-bond donors (Lipinski definition) is 0. The normalized spacial score (nSPS) is 26.4. The molecule has 0 N–H and O–H groups in total. The van der Waals surface area contributed by atoms with Crippen LogP contribution in [0.15, 0.2) is 4.52 Å². The molecule has 1 saturated heterocycles. The van der Waals surface area contributed by atoms with Crippen molar-refractivity contribution in [3.8, 4) is 0 Å². The van der Waals surface area contributed by atoms with E-state index < -0.39 is 0 Å². The highest BCUT2D eigenvalue weighted by molar-refractivity contribution is 5.85. The second-order valence-corrected chi connectivity index (χ2v) is 5.14. The summed E-state index contributed by atoms with van der Waals surface area (Å²) >= 11 is 0. The molecule has 1 aliphatic carbocycles. The molecule has 0 aromatic carbocycles. The fraction of sp³-hybridized carbons (Fsp3) is 0.769. The van der Waals surface area contributed by atoms with Gasteiger partial charge in [-0.3, -0.25) is 4.79 Å². The standard InChI is InChI=1S/C13H18N2O3/c16-11-4-2-1-3-10(11)13-14-12(15-18-13)9-5-7-17-8-6-9/h9-10H,1-8H2.